The molecule has 2 rings (SSSR count). The number of hydrogen-bond donors (Lipinski definition) is 1. The molecule has 1 heterocycles. The molecule has 24 heavy (non-hydrogen) atoms. The number of amides is 3. The summed E-state index contributed by atoms with van der Waals surface area (Å²) in [5, 5.41) is 2.87. The molecular weight excluding hydrogens is 304 g/mol. The van der Waals surface area contributed by atoms with Crippen LogP contribution in [0.3, 0.4) is 0 Å². The molecule has 0 spiro atoms. The van der Waals surface area contributed by atoms with Crippen molar-refractivity contribution in [3.05, 3.63) is 0 Å². The Morgan fingerprint density at radius 1 is 1.12 bits per heavy atom. The SMILES string of the molecule is CCCN(C)C(=O)C(C1CCCC1)N1CCN(C(=O)NCC)CC1. The minimum absolute atomic E-state index is 0.000404. The number of piperazine rings is 1. The van der Waals surface area contributed by atoms with Crippen LogP contribution in [-0.2, 0) is 4.79 Å². The normalized spacial score (nSPS) is 20.9. The number of carbonyl (C=O) groups is 2. The molecule has 0 aromatic heterocycles. The highest BCUT2D eigenvalue weighted by Crippen LogP contribution is 2.31. The van der Waals surface area contributed by atoms with Crippen LogP contribution in [0, 0.1) is 5.92 Å². The minimum Gasteiger partial charge on any atom is -0.344 e. The number of carbonyl (C=O) groups excluding carboxylic acids is 2. The predicted molar refractivity (Wildman–Crippen MR) is 95.9 cm³/mol. The Kier molecular flexibility index (Phi) is 7.34. The van der Waals surface area contributed by atoms with Crippen molar-refractivity contribution in [3.63, 3.8) is 0 Å². The molecule has 6 nitrogen and oxygen atoms in total. The third-order valence-corrected chi connectivity index (χ3v) is 5.36. The Balaban J connectivity index is 2.00. The molecule has 1 N–H and O–H groups in total. The van der Waals surface area contributed by atoms with Gasteiger partial charge >= 0.3 is 6.03 Å². The van der Waals surface area contributed by atoms with E-state index in [0.717, 1.165) is 38.9 Å². The fourth-order valence-corrected chi connectivity index (χ4v) is 4.07. The van der Waals surface area contributed by atoms with Gasteiger partial charge in [-0.1, -0.05) is 19.8 Å². The van der Waals surface area contributed by atoms with Crippen LogP contribution in [0.1, 0.15) is 46.0 Å². The Bertz CT molecular complexity index is 415. The molecule has 1 saturated heterocycles. The average Bonchev–Trinajstić information content (AvgIpc) is 3.10. The second kappa shape index (κ2) is 9.25. The van der Waals surface area contributed by atoms with Gasteiger partial charge in [0.05, 0.1) is 6.04 Å². The molecule has 6 heteroatoms. The van der Waals surface area contributed by atoms with E-state index >= 15 is 0 Å². The zero-order valence-corrected chi connectivity index (χ0v) is 15.6. The quantitative estimate of drug-likeness (QED) is 0.803. The number of nitrogens with zero attached hydrogens (tertiary/aromatic N) is 3. The first-order valence-electron chi connectivity index (χ1n) is 9.60. The van der Waals surface area contributed by atoms with Gasteiger partial charge in [-0.05, 0) is 32.1 Å². The maximum absolute atomic E-state index is 13.0. The second-order valence-corrected chi connectivity index (χ2v) is 7.11. The average molecular weight is 338 g/mol. The summed E-state index contributed by atoms with van der Waals surface area (Å²) in [7, 11) is 1.93. The summed E-state index contributed by atoms with van der Waals surface area (Å²) < 4.78 is 0. The van der Waals surface area contributed by atoms with E-state index < -0.39 is 0 Å². The maximum Gasteiger partial charge on any atom is 0.317 e. The van der Waals surface area contributed by atoms with Gasteiger partial charge in [-0.25, -0.2) is 4.79 Å². The third kappa shape index (κ3) is 4.62. The number of nitrogens with one attached hydrogen (secondary N) is 1. The summed E-state index contributed by atoms with van der Waals surface area (Å²) in [4.78, 5) is 31.1. The molecular formula is C18H34N4O2. The monoisotopic (exact) mass is 338 g/mol. The number of hydrogen-bond acceptors (Lipinski definition) is 3. The molecule has 1 aliphatic heterocycles. The Morgan fingerprint density at radius 3 is 2.29 bits per heavy atom. The lowest BCUT2D eigenvalue weighted by molar-refractivity contribution is -0.138. The number of likely N-dealkylation sites (N-methyl/N-ethyl adjacent to an activating group) is 1. The maximum atomic E-state index is 13.0. The molecule has 3 amide bonds. The summed E-state index contributed by atoms with van der Waals surface area (Å²) in [5.41, 5.74) is 0. The van der Waals surface area contributed by atoms with Crippen LogP contribution in [0.2, 0.25) is 0 Å². The van der Waals surface area contributed by atoms with Crippen molar-refractivity contribution >= 4 is 11.9 Å². The summed E-state index contributed by atoms with van der Waals surface area (Å²) in [5.74, 6) is 0.753. The standard InChI is InChI=1S/C18H34N4O2/c1-4-10-20(3)17(23)16(15-8-6-7-9-15)21-11-13-22(14-12-21)18(24)19-5-2/h15-16H,4-14H2,1-3H3,(H,19,24). The van der Waals surface area contributed by atoms with Crippen LogP contribution in [0.4, 0.5) is 4.79 Å². The molecule has 1 unspecified atom stereocenters. The van der Waals surface area contributed by atoms with Crippen LogP contribution in [-0.4, -0.2) is 79.0 Å². The summed E-state index contributed by atoms with van der Waals surface area (Å²) in [6.45, 7) is 8.53. The van der Waals surface area contributed by atoms with E-state index in [1.807, 2.05) is 23.8 Å². The van der Waals surface area contributed by atoms with Crippen molar-refractivity contribution < 1.29 is 9.59 Å². The highest BCUT2D eigenvalue weighted by atomic mass is 16.2. The van der Waals surface area contributed by atoms with Crippen molar-refractivity contribution in [1.29, 1.82) is 0 Å². The van der Waals surface area contributed by atoms with Crippen LogP contribution >= 0.6 is 0 Å². The summed E-state index contributed by atoms with van der Waals surface area (Å²) in [6, 6.07) is 0.0180. The lowest BCUT2D eigenvalue weighted by Crippen LogP contribution is -2.59. The third-order valence-electron chi connectivity index (χ3n) is 5.36. The van der Waals surface area contributed by atoms with Gasteiger partial charge in [-0.3, -0.25) is 9.69 Å². The molecule has 138 valence electrons. The highest BCUT2D eigenvalue weighted by molar-refractivity contribution is 5.82. The van der Waals surface area contributed by atoms with Gasteiger partial charge in [0.1, 0.15) is 0 Å². The Morgan fingerprint density at radius 2 is 1.75 bits per heavy atom. The number of rotatable bonds is 6. The van der Waals surface area contributed by atoms with E-state index in [9.17, 15) is 9.59 Å². The topological polar surface area (TPSA) is 55.9 Å². The zero-order chi connectivity index (χ0) is 17.5. The van der Waals surface area contributed by atoms with Crippen molar-refractivity contribution in [2.75, 3.05) is 46.3 Å². The Hall–Kier alpha value is -1.30. The first kappa shape index (κ1) is 19.0. The van der Waals surface area contributed by atoms with E-state index in [4.69, 9.17) is 0 Å². The van der Waals surface area contributed by atoms with Gasteiger partial charge in [-0.2, -0.15) is 0 Å². The van der Waals surface area contributed by atoms with Crippen molar-refractivity contribution in [2.45, 2.75) is 52.0 Å². The molecule has 1 saturated carbocycles. The van der Waals surface area contributed by atoms with E-state index in [1.54, 1.807) is 0 Å². The summed E-state index contributed by atoms with van der Waals surface area (Å²) in [6.07, 6.45) is 5.79. The van der Waals surface area contributed by atoms with Gasteiger partial charge < -0.3 is 15.1 Å². The van der Waals surface area contributed by atoms with Gasteiger partial charge in [0, 0.05) is 46.3 Å². The van der Waals surface area contributed by atoms with Crippen LogP contribution in [0.15, 0.2) is 0 Å². The zero-order valence-electron chi connectivity index (χ0n) is 15.6. The largest absolute Gasteiger partial charge is 0.344 e. The fraction of sp³-hybridized carbons (Fsp3) is 0.889. The van der Waals surface area contributed by atoms with Crippen LogP contribution in [0.25, 0.3) is 0 Å². The molecule has 2 aliphatic rings. The van der Waals surface area contributed by atoms with Gasteiger partial charge in [0.2, 0.25) is 5.91 Å². The van der Waals surface area contributed by atoms with Gasteiger partial charge in [0.25, 0.3) is 0 Å². The van der Waals surface area contributed by atoms with E-state index in [2.05, 4.69) is 17.1 Å². The predicted octanol–water partition coefficient (Wildman–Crippen LogP) is 1.76. The van der Waals surface area contributed by atoms with Gasteiger partial charge in [0.15, 0.2) is 0 Å². The molecule has 1 atom stereocenters. The van der Waals surface area contributed by atoms with Crippen LogP contribution < -0.4 is 5.32 Å². The van der Waals surface area contributed by atoms with Crippen molar-refractivity contribution in [1.82, 2.24) is 20.0 Å². The first-order chi connectivity index (χ1) is 11.6. The van der Waals surface area contributed by atoms with E-state index in [1.165, 1.54) is 12.8 Å². The minimum atomic E-state index is 0.000404. The first-order valence-corrected chi connectivity index (χ1v) is 9.60. The smallest absolute Gasteiger partial charge is 0.317 e. The lowest BCUT2D eigenvalue weighted by Gasteiger charge is -2.41. The molecule has 0 aromatic carbocycles. The van der Waals surface area contributed by atoms with Gasteiger partial charge in [-0.15, -0.1) is 0 Å². The lowest BCUT2D eigenvalue weighted by atomic mass is 9.94. The van der Waals surface area contributed by atoms with Crippen molar-refractivity contribution in [2.24, 2.45) is 5.92 Å². The summed E-state index contributed by atoms with van der Waals surface area (Å²) >= 11 is 0. The molecule has 0 radical (unpaired) electrons. The molecule has 1 aliphatic carbocycles. The fourth-order valence-electron chi connectivity index (χ4n) is 4.07. The number of urea groups is 1. The van der Waals surface area contributed by atoms with E-state index in [0.29, 0.717) is 25.6 Å². The van der Waals surface area contributed by atoms with Crippen LogP contribution in [0.5, 0.6) is 0 Å². The van der Waals surface area contributed by atoms with Crippen molar-refractivity contribution in [3.8, 4) is 0 Å². The molecule has 0 aromatic rings. The molecule has 2 fully saturated rings. The highest BCUT2D eigenvalue weighted by Gasteiger charge is 2.38. The van der Waals surface area contributed by atoms with E-state index in [-0.39, 0.29) is 18.0 Å². The second-order valence-electron chi connectivity index (χ2n) is 7.11. The molecule has 0 bridgehead atoms. The Labute approximate surface area is 146 Å².